The third-order valence-corrected chi connectivity index (χ3v) is 1.73. The Bertz CT molecular complexity index is 307. The van der Waals surface area contributed by atoms with E-state index in [4.69, 9.17) is 0 Å². The van der Waals surface area contributed by atoms with Gasteiger partial charge in [-0.15, -0.1) is 0 Å². The topological polar surface area (TPSA) is 12.9 Å². The molecule has 0 aliphatic heterocycles. The van der Waals surface area contributed by atoms with Crippen molar-refractivity contribution in [2.45, 2.75) is 0 Å². The van der Waals surface area contributed by atoms with Crippen LogP contribution in [0.4, 0.5) is 0 Å². The minimum absolute atomic E-state index is 0. The Hall–Kier alpha value is -1.11. The Morgan fingerprint density at radius 2 is 1.46 bits per heavy atom. The first-order valence-electron chi connectivity index (χ1n) is 3.93. The average Bonchev–Trinajstić information content (AvgIpc) is 2.21. The van der Waals surface area contributed by atoms with E-state index in [1.54, 1.807) is 0 Å². The molecule has 13 heavy (non-hydrogen) atoms. The largest absolute Gasteiger partial charge is 0.256 e. The molecule has 2 rings (SSSR count). The molecule has 0 saturated heterocycles. The van der Waals surface area contributed by atoms with E-state index >= 15 is 0 Å². The van der Waals surface area contributed by atoms with Crippen LogP contribution in [0.15, 0.2) is 54.7 Å². The number of hydrogen-bond acceptors (Lipinski definition) is 1. The summed E-state index contributed by atoms with van der Waals surface area (Å²) in [4.78, 5) is 4.25. The fourth-order valence-corrected chi connectivity index (χ4v) is 1.14. The zero-order chi connectivity index (χ0) is 8.23. The molecule has 0 aliphatic rings. The van der Waals surface area contributed by atoms with Crippen LogP contribution in [0.5, 0.6) is 0 Å². The molecule has 2 heteroatoms. The number of benzene rings is 1. The Balaban J connectivity index is 0.000000845. The van der Waals surface area contributed by atoms with Gasteiger partial charge in [-0.05, 0) is 12.1 Å². The van der Waals surface area contributed by atoms with Crippen LogP contribution >= 0.6 is 0 Å². The molecule has 0 N–H and O–H groups in total. The van der Waals surface area contributed by atoms with E-state index in [0.717, 1.165) is 11.3 Å². The molecule has 0 saturated carbocycles. The minimum Gasteiger partial charge on any atom is -0.256 e. The third-order valence-electron chi connectivity index (χ3n) is 1.73. The second-order valence-electron chi connectivity index (χ2n) is 2.58. The summed E-state index contributed by atoms with van der Waals surface area (Å²) in [6.07, 6.45) is 1.81. The predicted octanol–water partition coefficient (Wildman–Crippen LogP) is 2.75. The zero-order valence-corrected chi connectivity index (χ0v) is 7.89. The zero-order valence-electron chi connectivity index (χ0n) is 6.94. The smallest absolute Gasteiger partial charge is 0.0701 e. The maximum Gasteiger partial charge on any atom is 0.0701 e. The molecule has 0 amide bonds. The normalized spacial score (nSPS) is 8.92. The molecule has 0 atom stereocenters. The molecule has 1 aromatic heterocycles. The monoisotopic (exact) mass is 218 g/mol. The maximum atomic E-state index is 4.25. The van der Waals surface area contributed by atoms with Crippen molar-refractivity contribution >= 4 is 0 Å². The molecule has 0 aliphatic carbocycles. The van der Waals surface area contributed by atoms with Gasteiger partial charge in [-0.3, -0.25) is 4.98 Å². The molecule has 0 spiro atoms. The van der Waals surface area contributed by atoms with Crippen molar-refractivity contribution in [3.8, 4) is 11.3 Å². The SMILES string of the molecule is [Cu].c1ccc(-c2ccccn2)cc1. The molecule has 69 valence electrons. The molecule has 1 heterocycles. The van der Waals surface area contributed by atoms with Gasteiger partial charge in [0.15, 0.2) is 0 Å². The van der Waals surface area contributed by atoms with Crippen LogP contribution < -0.4 is 0 Å². The van der Waals surface area contributed by atoms with E-state index in [-0.39, 0.29) is 17.1 Å². The Kier molecular flexibility index (Phi) is 3.69. The van der Waals surface area contributed by atoms with Crippen molar-refractivity contribution in [1.82, 2.24) is 4.98 Å². The number of rotatable bonds is 1. The standard InChI is InChI=1S/C11H9N.Cu/c1-2-6-10(7-3-1)11-8-4-5-9-12-11;/h1-9H;. The van der Waals surface area contributed by atoms with Crippen LogP contribution in [0, 0.1) is 0 Å². The van der Waals surface area contributed by atoms with Gasteiger partial charge in [0.2, 0.25) is 0 Å². The average molecular weight is 219 g/mol. The van der Waals surface area contributed by atoms with Gasteiger partial charge >= 0.3 is 0 Å². The Morgan fingerprint density at radius 1 is 0.769 bits per heavy atom. The summed E-state index contributed by atoms with van der Waals surface area (Å²) < 4.78 is 0. The van der Waals surface area contributed by atoms with E-state index in [2.05, 4.69) is 17.1 Å². The van der Waals surface area contributed by atoms with Crippen molar-refractivity contribution in [3.63, 3.8) is 0 Å². The van der Waals surface area contributed by atoms with Crippen molar-refractivity contribution < 1.29 is 17.1 Å². The first-order valence-corrected chi connectivity index (χ1v) is 3.93. The van der Waals surface area contributed by atoms with Crippen molar-refractivity contribution in [1.29, 1.82) is 0 Å². The van der Waals surface area contributed by atoms with Crippen LogP contribution in [0.3, 0.4) is 0 Å². The van der Waals surface area contributed by atoms with Gasteiger partial charge in [0.05, 0.1) is 5.69 Å². The van der Waals surface area contributed by atoms with Crippen LogP contribution in [0.2, 0.25) is 0 Å². The Labute approximate surface area is 88.3 Å². The minimum atomic E-state index is 0. The van der Waals surface area contributed by atoms with Gasteiger partial charge in [-0.1, -0.05) is 36.4 Å². The quantitative estimate of drug-likeness (QED) is 0.671. The van der Waals surface area contributed by atoms with E-state index in [1.165, 1.54) is 0 Å². The van der Waals surface area contributed by atoms with Crippen LogP contribution in [0.25, 0.3) is 11.3 Å². The summed E-state index contributed by atoms with van der Waals surface area (Å²) in [5.41, 5.74) is 2.19. The van der Waals surface area contributed by atoms with E-state index in [1.807, 2.05) is 42.6 Å². The van der Waals surface area contributed by atoms with Crippen LogP contribution in [-0.4, -0.2) is 4.98 Å². The van der Waals surface area contributed by atoms with Gasteiger partial charge in [0.25, 0.3) is 0 Å². The molecule has 2 aromatic rings. The summed E-state index contributed by atoms with van der Waals surface area (Å²) in [5, 5.41) is 0. The fraction of sp³-hybridized carbons (Fsp3) is 0. The van der Waals surface area contributed by atoms with Gasteiger partial charge in [-0.25, -0.2) is 0 Å². The molecular formula is C11H9CuN. The van der Waals surface area contributed by atoms with E-state index < -0.39 is 0 Å². The van der Waals surface area contributed by atoms with Gasteiger partial charge < -0.3 is 0 Å². The maximum absolute atomic E-state index is 4.25. The molecule has 0 bridgehead atoms. The van der Waals surface area contributed by atoms with E-state index in [0.29, 0.717) is 0 Å². The molecule has 1 nitrogen and oxygen atoms in total. The summed E-state index contributed by atoms with van der Waals surface area (Å²) >= 11 is 0. The summed E-state index contributed by atoms with van der Waals surface area (Å²) in [5.74, 6) is 0. The first kappa shape index (κ1) is 9.97. The number of nitrogens with zero attached hydrogens (tertiary/aromatic N) is 1. The van der Waals surface area contributed by atoms with Crippen molar-refractivity contribution in [2.75, 3.05) is 0 Å². The van der Waals surface area contributed by atoms with Crippen molar-refractivity contribution in [2.24, 2.45) is 0 Å². The van der Waals surface area contributed by atoms with E-state index in [9.17, 15) is 0 Å². The fourth-order valence-electron chi connectivity index (χ4n) is 1.14. The number of aromatic nitrogens is 1. The molecule has 0 fully saturated rings. The molecule has 1 aromatic carbocycles. The Morgan fingerprint density at radius 3 is 2.08 bits per heavy atom. The van der Waals surface area contributed by atoms with Crippen molar-refractivity contribution in [3.05, 3.63) is 54.7 Å². The predicted molar refractivity (Wildman–Crippen MR) is 49.7 cm³/mol. The van der Waals surface area contributed by atoms with Gasteiger partial charge in [0, 0.05) is 28.8 Å². The second-order valence-corrected chi connectivity index (χ2v) is 2.58. The van der Waals surface area contributed by atoms with Crippen LogP contribution in [0.1, 0.15) is 0 Å². The number of pyridine rings is 1. The van der Waals surface area contributed by atoms with Gasteiger partial charge in [-0.2, -0.15) is 0 Å². The molecule has 0 unspecified atom stereocenters. The molecular weight excluding hydrogens is 210 g/mol. The third kappa shape index (κ3) is 2.41. The first-order chi connectivity index (χ1) is 5.97. The summed E-state index contributed by atoms with van der Waals surface area (Å²) in [6, 6.07) is 16.1. The second kappa shape index (κ2) is 4.80. The van der Waals surface area contributed by atoms with Gasteiger partial charge in [0.1, 0.15) is 0 Å². The number of hydrogen-bond donors (Lipinski definition) is 0. The summed E-state index contributed by atoms with van der Waals surface area (Å²) in [7, 11) is 0. The molecule has 1 radical (unpaired) electrons. The summed E-state index contributed by atoms with van der Waals surface area (Å²) in [6.45, 7) is 0. The van der Waals surface area contributed by atoms with Crippen LogP contribution in [-0.2, 0) is 17.1 Å².